The van der Waals surface area contributed by atoms with E-state index in [1.807, 2.05) is 0 Å². The highest BCUT2D eigenvalue weighted by Gasteiger charge is 1.96. The Morgan fingerprint density at radius 1 is 1.40 bits per heavy atom. The summed E-state index contributed by atoms with van der Waals surface area (Å²) in [5.74, 6) is -0.656. The van der Waals surface area contributed by atoms with E-state index in [2.05, 4.69) is 5.32 Å². The summed E-state index contributed by atoms with van der Waals surface area (Å²) in [5.41, 5.74) is 0. The smallest absolute Gasteiger partial charge is 0.317 e. The topological polar surface area (TPSA) is 58.6 Å². The van der Waals surface area contributed by atoms with Crippen LogP contribution in [0.1, 0.15) is 0 Å². The molecule has 0 aliphatic rings. The molecule has 0 fully saturated rings. The Kier molecular flexibility index (Phi) is 4.56. The predicted molar refractivity (Wildman–Crippen MR) is 52.4 cm³/mol. The number of hydrogen-bond donors (Lipinski definition) is 2. The lowest BCUT2D eigenvalue weighted by molar-refractivity contribution is -0.135. The minimum Gasteiger partial charge on any atom is -0.492 e. The van der Waals surface area contributed by atoms with E-state index in [-0.39, 0.29) is 12.4 Å². The Balaban J connectivity index is 2.15. The van der Waals surface area contributed by atoms with Crippen LogP contribution in [-0.4, -0.2) is 30.8 Å². The molecule has 0 saturated heterocycles. The van der Waals surface area contributed by atoms with Crippen LogP contribution in [-0.2, 0) is 4.79 Å². The lowest BCUT2D eigenvalue weighted by Gasteiger charge is -2.05. The van der Waals surface area contributed by atoms with E-state index in [1.165, 1.54) is 24.3 Å². The monoisotopic (exact) mass is 213 g/mol. The van der Waals surface area contributed by atoms with Gasteiger partial charge in [0, 0.05) is 6.54 Å². The number of ether oxygens (including phenoxy) is 1. The molecule has 0 unspecified atom stereocenters. The van der Waals surface area contributed by atoms with Crippen LogP contribution in [0.15, 0.2) is 24.3 Å². The number of nitrogens with one attached hydrogen (secondary N) is 1. The van der Waals surface area contributed by atoms with Crippen LogP contribution < -0.4 is 10.1 Å². The van der Waals surface area contributed by atoms with Crippen molar-refractivity contribution < 1.29 is 19.0 Å². The van der Waals surface area contributed by atoms with Crippen molar-refractivity contribution in [3.63, 3.8) is 0 Å². The van der Waals surface area contributed by atoms with Gasteiger partial charge in [-0.1, -0.05) is 0 Å². The van der Waals surface area contributed by atoms with Gasteiger partial charge in [-0.25, -0.2) is 4.39 Å². The van der Waals surface area contributed by atoms with Gasteiger partial charge >= 0.3 is 5.97 Å². The van der Waals surface area contributed by atoms with Crippen LogP contribution in [0.2, 0.25) is 0 Å². The Morgan fingerprint density at radius 3 is 2.67 bits per heavy atom. The van der Waals surface area contributed by atoms with E-state index < -0.39 is 5.97 Å². The predicted octanol–water partition coefficient (Wildman–Crippen LogP) is 0.879. The summed E-state index contributed by atoms with van der Waals surface area (Å²) in [4.78, 5) is 10.1. The minimum atomic E-state index is -0.906. The second-order valence-electron chi connectivity index (χ2n) is 2.87. The molecule has 0 heterocycles. The number of halogens is 1. The zero-order valence-electron chi connectivity index (χ0n) is 8.07. The zero-order valence-corrected chi connectivity index (χ0v) is 8.07. The molecule has 0 spiro atoms. The molecule has 0 aliphatic carbocycles. The van der Waals surface area contributed by atoms with Gasteiger partial charge in [0.2, 0.25) is 0 Å². The van der Waals surface area contributed by atoms with Gasteiger partial charge in [0.15, 0.2) is 0 Å². The molecule has 1 aromatic rings. The minimum absolute atomic E-state index is 0.0905. The normalized spacial score (nSPS) is 9.93. The van der Waals surface area contributed by atoms with Crippen LogP contribution in [0, 0.1) is 5.82 Å². The number of aliphatic carboxylic acids is 1. The van der Waals surface area contributed by atoms with Crippen molar-refractivity contribution in [3.05, 3.63) is 30.1 Å². The number of carboxylic acid groups (broad SMARTS) is 1. The highest BCUT2D eigenvalue weighted by molar-refractivity contribution is 5.68. The fourth-order valence-corrected chi connectivity index (χ4v) is 0.967. The molecule has 4 nitrogen and oxygen atoms in total. The van der Waals surface area contributed by atoms with E-state index >= 15 is 0 Å². The molecule has 5 heteroatoms. The van der Waals surface area contributed by atoms with Crippen molar-refractivity contribution in [2.24, 2.45) is 0 Å². The maximum Gasteiger partial charge on any atom is 0.317 e. The first-order chi connectivity index (χ1) is 7.18. The van der Waals surface area contributed by atoms with Gasteiger partial charge in [-0.05, 0) is 24.3 Å². The molecule has 1 rings (SSSR count). The van der Waals surface area contributed by atoms with E-state index in [1.54, 1.807) is 0 Å². The first-order valence-corrected chi connectivity index (χ1v) is 4.49. The second-order valence-corrected chi connectivity index (χ2v) is 2.87. The lowest BCUT2D eigenvalue weighted by atomic mass is 10.3. The first kappa shape index (κ1) is 11.5. The van der Waals surface area contributed by atoms with Crippen LogP contribution in [0.25, 0.3) is 0 Å². The Morgan fingerprint density at radius 2 is 2.07 bits per heavy atom. The quantitative estimate of drug-likeness (QED) is 0.689. The maximum atomic E-state index is 12.5. The summed E-state index contributed by atoms with van der Waals surface area (Å²) in [6.45, 7) is 0.690. The molecular weight excluding hydrogens is 201 g/mol. The zero-order chi connectivity index (χ0) is 11.1. The summed E-state index contributed by atoms with van der Waals surface area (Å²) >= 11 is 0. The average Bonchev–Trinajstić information content (AvgIpc) is 2.20. The molecule has 15 heavy (non-hydrogen) atoms. The summed E-state index contributed by atoms with van der Waals surface area (Å²) in [5, 5.41) is 11.0. The van der Waals surface area contributed by atoms with Gasteiger partial charge in [-0.2, -0.15) is 0 Å². The highest BCUT2D eigenvalue weighted by atomic mass is 19.1. The third kappa shape index (κ3) is 4.97. The number of rotatable bonds is 6. The van der Waals surface area contributed by atoms with Crippen molar-refractivity contribution in [2.45, 2.75) is 0 Å². The van der Waals surface area contributed by atoms with Crippen LogP contribution in [0.3, 0.4) is 0 Å². The largest absolute Gasteiger partial charge is 0.492 e. The molecule has 0 aromatic heterocycles. The van der Waals surface area contributed by atoms with Crippen LogP contribution >= 0.6 is 0 Å². The third-order valence-electron chi connectivity index (χ3n) is 1.64. The van der Waals surface area contributed by atoms with E-state index in [4.69, 9.17) is 9.84 Å². The van der Waals surface area contributed by atoms with Gasteiger partial charge in [0.25, 0.3) is 0 Å². The molecule has 0 radical (unpaired) electrons. The fourth-order valence-electron chi connectivity index (χ4n) is 0.967. The molecule has 0 amide bonds. The number of carboxylic acids is 1. The van der Waals surface area contributed by atoms with Crippen molar-refractivity contribution >= 4 is 5.97 Å². The van der Waals surface area contributed by atoms with Crippen molar-refractivity contribution in [1.29, 1.82) is 0 Å². The Bertz CT molecular complexity index is 313. The van der Waals surface area contributed by atoms with Gasteiger partial charge in [0.05, 0.1) is 6.54 Å². The van der Waals surface area contributed by atoms with Gasteiger partial charge < -0.3 is 15.2 Å². The SMILES string of the molecule is O=C(O)CNCCOc1ccc(F)cc1. The van der Waals surface area contributed by atoms with Gasteiger partial charge in [0.1, 0.15) is 18.2 Å². The van der Waals surface area contributed by atoms with Crippen molar-refractivity contribution in [2.75, 3.05) is 19.7 Å². The van der Waals surface area contributed by atoms with Crippen LogP contribution in [0.5, 0.6) is 5.75 Å². The van der Waals surface area contributed by atoms with Crippen molar-refractivity contribution in [1.82, 2.24) is 5.32 Å². The number of carbonyl (C=O) groups is 1. The molecule has 1 aromatic carbocycles. The van der Waals surface area contributed by atoms with E-state index in [9.17, 15) is 9.18 Å². The van der Waals surface area contributed by atoms with Crippen LogP contribution in [0.4, 0.5) is 4.39 Å². The maximum absolute atomic E-state index is 12.5. The highest BCUT2D eigenvalue weighted by Crippen LogP contribution is 2.10. The molecule has 2 N–H and O–H groups in total. The summed E-state index contributed by atoms with van der Waals surface area (Å²) in [6.07, 6.45) is 0. The number of hydrogen-bond acceptors (Lipinski definition) is 3. The average molecular weight is 213 g/mol. The first-order valence-electron chi connectivity index (χ1n) is 4.49. The van der Waals surface area contributed by atoms with Gasteiger partial charge in [-0.3, -0.25) is 4.79 Å². The molecule has 0 aliphatic heterocycles. The third-order valence-corrected chi connectivity index (χ3v) is 1.64. The lowest BCUT2D eigenvalue weighted by Crippen LogP contribution is -2.26. The standard InChI is InChI=1S/C10H12FNO3/c11-8-1-3-9(4-2-8)15-6-5-12-7-10(13)14/h1-4,12H,5-7H2,(H,13,14). The molecule has 0 saturated carbocycles. The molecule has 82 valence electrons. The summed E-state index contributed by atoms with van der Waals surface area (Å²) in [7, 11) is 0. The number of benzene rings is 1. The molecule has 0 bridgehead atoms. The van der Waals surface area contributed by atoms with Gasteiger partial charge in [-0.15, -0.1) is 0 Å². The Labute approximate surface area is 86.7 Å². The summed E-state index contributed by atoms with van der Waals surface area (Å²) < 4.78 is 17.7. The molecule has 0 atom stereocenters. The fraction of sp³-hybridized carbons (Fsp3) is 0.300. The van der Waals surface area contributed by atoms with Crippen molar-refractivity contribution in [3.8, 4) is 5.75 Å². The molecular formula is C10H12FNO3. The Hall–Kier alpha value is -1.62. The summed E-state index contributed by atoms with van der Waals surface area (Å²) in [6, 6.07) is 5.65. The van der Waals surface area contributed by atoms with E-state index in [0.29, 0.717) is 18.9 Å². The second kappa shape index (κ2) is 5.98. The van der Waals surface area contributed by atoms with E-state index in [0.717, 1.165) is 0 Å².